The lowest BCUT2D eigenvalue weighted by Crippen LogP contribution is -2.23. The molecule has 0 spiro atoms. The lowest BCUT2D eigenvalue weighted by molar-refractivity contribution is 0.00765. The minimum Gasteiger partial charge on any atom is -0.456 e. The number of nitrogens with zero attached hydrogens (tertiary/aromatic N) is 1. The maximum Gasteiger partial charge on any atom is 0.351 e. The molecule has 0 aliphatic carbocycles. The first-order chi connectivity index (χ1) is 9.31. The van der Waals surface area contributed by atoms with Crippen LogP contribution >= 0.6 is 11.3 Å². The number of aromatic nitrogens is 1. The van der Waals surface area contributed by atoms with Gasteiger partial charge in [0, 0.05) is 11.1 Å². The Labute approximate surface area is 123 Å². The van der Waals surface area contributed by atoms with Gasteiger partial charge in [0.15, 0.2) is 0 Å². The summed E-state index contributed by atoms with van der Waals surface area (Å²) < 4.78 is 5.38. The van der Waals surface area contributed by atoms with Gasteiger partial charge in [0.2, 0.25) is 0 Å². The molecule has 0 amide bonds. The van der Waals surface area contributed by atoms with Crippen molar-refractivity contribution in [2.75, 3.05) is 5.73 Å². The molecule has 4 nitrogen and oxygen atoms in total. The number of aryl methyl sites for hydroxylation is 1. The van der Waals surface area contributed by atoms with Gasteiger partial charge in [0.05, 0.1) is 5.69 Å². The lowest BCUT2D eigenvalue weighted by Gasteiger charge is -2.18. The number of carbonyl (C=O) groups is 1. The largest absolute Gasteiger partial charge is 0.456 e. The van der Waals surface area contributed by atoms with Crippen molar-refractivity contribution in [1.29, 1.82) is 0 Å². The van der Waals surface area contributed by atoms with Gasteiger partial charge < -0.3 is 10.5 Å². The van der Waals surface area contributed by atoms with Crippen LogP contribution in [-0.4, -0.2) is 16.6 Å². The van der Waals surface area contributed by atoms with E-state index in [1.54, 1.807) is 0 Å². The van der Waals surface area contributed by atoms with Gasteiger partial charge in [-0.1, -0.05) is 13.3 Å². The summed E-state index contributed by atoms with van der Waals surface area (Å²) in [5, 5.41) is 0.829. The van der Waals surface area contributed by atoms with Crippen LogP contribution in [0.2, 0.25) is 0 Å². The molecule has 108 valence electrons. The second-order valence-corrected chi connectivity index (χ2v) is 6.75. The summed E-state index contributed by atoms with van der Waals surface area (Å²) in [4.78, 5) is 17.9. The second-order valence-electron chi connectivity index (χ2n) is 5.75. The van der Waals surface area contributed by atoms with Crippen LogP contribution in [-0.2, 0) is 11.2 Å². The molecule has 2 rings (SSSR count). The number of esters is 1. The highest BCUT2D eigenvalue weighted by atomic mass is 32.1. The molecule has 0 aliphatic heterocycles. The predicted molar refractivity (Wildman–Crippen MR) is 83.2 cm³/mol. The Morgan fingerprint density at radius 2 is 2.10 bits per heavy atom. The lowest BCUT2D eigenvalue weighted by atomic mass is 10.2. The third kappa shape index (κ3) is 3.10. The summed E-state index contributed by atoms with van der Waals surface area (Å²) in [5.74, 6) is -0.380. The summed E-state index contributed by atoms with van der Waals surface area (Å²) in [6.45, 7) is 7.63. The molecule has 0 atom stereocenters. The van der Waals surface area contributed by atoms with Gasteiger partial charge in [-0.25, -0.2) is 9.78 Å². The van der Waals surface area contributed by atoms with E-state index in [4.69, 9.17) is 10.5 Å². The molecule has 0 aliphatic rings. The summed E-state index contributed by atoms with van der Waals surface area (Å²) in [6, 6.07) is 3.90. The molecule has 0 radical (unpaired) electrons. The zero-order valence-corrected chi connectivity index (χ0v) is 13.1. The minimum atomic E-state index is -0.527. The van der Waals surface area contributed by atoms with Crippen LogP contribution in [0.4, 0.5) is 5.69 Å². The van der Waals surface area contributed by atoms with Gasteiger partial charge in [-0.2, -0.15) is 0 Å². The molecule has 0 fully saturated rings. The molecule has 0 bridgehead atoms. The van der Waals surface area contributed by atoms with Crippen molar-refractivity contribution in [2.24, 2.45) is 0 Å². The average molecular weight is 292 g/mol. The van der Waals surface area contributed by atoms with Gasteiger partial charge in [-0.05, 0) is 39.3 Å². The Hall–Kier alpha value is -1.62. The van der Waals surface area contributed by atoms with Gasteiger partial charge in [0.25, 0.3) is 0 Å². The number of thiophene rings is 1. The van der Waals surface area contributed by atoms with Crippen molar-refractivity contribution >= 4 is 33.2 Å². The van der Waals surface area contributed by atoms with Crippen LogP contribution in [0.5, 0.6) is 0 Å². The maximum absolute atomic E-state index is 12.1. The second kappa shape index (κ2) is 5.40. The Morgan fingerprint density at radius 1 is 1.40 bits per heavy atom. The summed E-state index contributed by atoms with van der Waals surface area (Å²) in [7, 11) is 0. The number of hydrogen-bond donors (Lipinski definition) is 1. The van der Waals surface area contributed by atoms with Crippen molar-refractivity contribution < 1.29 is 9.53 Å². The fourth-order valence-electron chi connectivity index (χ4n) is 1.91. The van der Waals surface area contributed by atoms with Crippen LogP contribution in [0.1, 0.15) is 49.5 Å². The van der Waals surface area contributed by atoms with E-state index in [1.165, 1.54) is 11.3 Å². The first kappa shape index (κ1) is 14.8. The fraction of sp³-hybridized carbons (Fsp3) is 0.467. The number of ether oxygens (including phenoxy) is 1. The van der Waals surface area contributed by atoms with Gasteiger partial charge in [-0.3, -0.25) is 0 Å². The molecule has 2 N–H and O–H groups in total. The molecule has 0 unspecified atom stereocenters. The number of nitrogens with two attached hydrogens (primary N) is 1. The van der Waals surface area contributed by atoms with E-state index in [2.05, 4.69) is 11.9 Å². The van der Waals surface area contributed by atoms with Gasteiger partial charge >= 0.3 is 5.97 Å². The number of pyridine rings is 1. The number of carbonyl (C=O) groups excluding carboxylic acids is 1. The standard InChI is InChI=1S/C15H20N2O2S/c1-5-6-9-7-8-10-11(16)12(20-13(10)17-9)14(18)19-15(2,3)4/h7-8H,5-6,16H2,1-4H3. The van der Waals surface area contributed by atoms with Crippen molar-refractivity contribution in [3.05, 3.63) is 22.7 Å². The van der Waals surface area contributed by atoms with Crippen molar-refractivity contribution in [2.45, 2.75) is 46.1 Å². The average Bonchev–Trinajstić information content (AvgIpc) is 2.65. The fourth-order valence-corrected chi connectivity index (χ4v) is 2.90. The zero-order chi connectivity index (χ0) is 14.9. The van der Waals surface area contributed by atoms with E-state index in [9.17, 15) is 4.79 Å². The smallest absolute Gasteiger partial charge is 0.351 e. The molecule has 0 saturated carbocycles. The van der Waals surface area contributed by atoms with Gasteiger partial charge in [-0.15, -0.1) is 11.3 Å². The van der Waals surface area contributed by atoms with Crippen molar-refractivity contribution in [3.63, 3.8) is 0 Å². The van der Waals surface area contributed by atoms with E-state index in [0.717, 1.165) is 28.8 Å². The Bertz CT molecular complexity index is 641. The number of anilines is 1. The van der Waals surface area contributed by atoms with Crippen LogP contribution in [0.15, 0.2) is 12.1 Å². The summed E-state index contributed by atoms with van der Waals surface area (Å²) >= 11 is 1.30. The molecule has 2 aromatic heterocycles. The topological polar surface area (TPSA) is 65.2 Å². The minimum absolute atomic E-state index is 0.380. The molecule has 5 heteroatoms. The van der Waals surface area contributed by atoms with Crippen molar-refractivity contribution in [1.82, 2.24) is 4.98 Å². The number of fused-ring (bicyclic) bond motifs is 1. The SMILES string of the molecule is CCCc1ccc2c(N)c(C(=O)OC(C)(C)C)sc2n1. The monoisotopic (exact) mass is 292 g/mol. The molecule has 20 heavy (non-hydrogen) atoms. The Morgan fingerprint density at radius 3 is 2.70 bits per heavy atom. The number of nitrogen functional groups attached to an aromatic ring is 1. The predicted octanol–water partition coefficient (Wildman–Crippen LogP) is 3.79. The van der Waals surface area contributed by atoms with Crippen molar-refractivity contribution in [3.8, 4) is 0 Å². The van der Waals surface area contributed by atoms with E-state index in [1.807, 2.05) is 32.9 Å². The maximum atomic E-state index is 12.1. The molecular weight excluding hydrogens is 272 g/mol. The van der Waals surface area contributed by atoms with Crippen LogP contribution in [0.3, 0.4) is 0 Å². The van der Waals surface area contributed by atoms with E-state index in [-0.39, 0.29) is 5.97 Å². The third-order valence-electron chi connectivity index (χ3n) is 2.74. The first-order valence-corrected chi connectivity index (χ1v) is 7.54. The van der Waals surface area contributed by atoms with E-state index < -0.39 is 5.60 Å². The van der Waals surface area contributed by atoms with E-state index in [0.29, 0.717) is 10.6 Å². The molecule has 0 aromatic carbocycles. The number of rotatable bonds is 3. The zero-order valence-electron chi connectivity index (χ0n) is 12.3. The highest BCUT2D eigenvalue weighted by molar-refractivity contribution is 7.21. The van der Waals surface area contributed by atoms with E-state index >= 15 is 0 Å². The van der Waals surface area contributed by atoms with Crippen LogP contribution in [0.25, 0.3) is 10.2 Å². The van der Waals surface area contributed by atoms with Gasteiger partial charge in [0.1, 0.15) is 15.3 Å². The Kier molecular flexibility index (Phi) is 3.99. The molecule has 2 heterocycles. The highest BCUT2D eigenvalue weighted by Crippen LogP contribution is 2.33. The molecular formula is C15H20N2O2S. The normalized spacial score (nSPS) is 11.8. The quantitative estimate of drug-likeness (QED) is 0.874. The third-order valence-corrected chi connectivity index (χ3v) is 3.84. The Balaban J connectivity index is 2.40. The molecule has 0 saturated heterocycles. The highest BCUT2D eigenvalue weighted by Gasteiger charge is 2.23. The summed E-state index contributed by atoms with van der Waals surface area (Å²) in [5.41, 5.74) is 7.02. The van der Waals surface area contributed by atoms with Crippen LogP contribution in [0, 0.1) is 0 Å². The molecule has 2 aromatic rings. The first-order valence-electron chi connectivity index (χ1n) is 6.73. The summed E-state index contributed by atoms with van der Waals surface area (Å²) in [6.07, 6.45) is 1.97. The number of hydrogen-bond acceptors (Lipinski definition) is 5. The van der Waals surface area contributed by atoms with Crippen LogP contribution < -0.4 is 5.73 Å².